The number of hydrogen-bond donors (Lipinski definition) is 2. The molecule has 1 heterocycles. The largest absolute Gasteiger partial charge is 0.383 e. The lowest BCUT2D eigenvalue weighted by Gasteiger charge is -2.25. The summed E-state index contributed by atoms with van der Waals surface area (Å²) in [5.74, 6) is 5.78. The van der Waals surface area contributed by atoms with E-state index in [9.17, 15) is 4.79 Å². The Hall–Kier alpha value is -1.66. The number of anilines is 1. The van der Waals surface area contributed by atoms with Gasteiger partial charge in [0, 0.05) is 32.1 Å². The number of nitrogens with two attached hydrogens (primary N) is 1. The second-order valence-electron chi connectivity index (χ2n) is 5.15. The van der Waals surface area contributed by atoms with Crippen molar-refractivity contribution in [3.8, 4) is 0 Å². The van der Waals surface area contributed by atoms with Crippen LogP contribution < -0.4 is 11.3 Å². The first-order chi connectivity index (χ1) is 9.49. The summed E-state index contributed by atoms with van der Waals surface area (Å²) in [7, 11) is 1.62. The van der Waals surface area contributed by atoms with Gasteiger partial charge in [-0.1, -0.05) is 13.8 Å². The summed E-state index contributed by atoms with van der Waals surface area (Å²) >= 11 is 0. The van der Waals surface area contributed by atoms with Crippen molar-refractivity contribution in [2.45, 2.75) is 20.8 Å². The zero-order valence-corrected chi connectivity index (χ0v) is 12.6. The highest BCUT2D eigenvalue weighted by Gasteiger charge is 2.20. The molecule has 1 amide bonds. The molecule has 0 saturated carbocycles. The van der Waals surface area contributed by atoms with Crippen LogP contribution in [0.3, 0.4) is 0 Å². The average Bonchev–Trinajstić information content (AvgIpc) is 2.42. The smallest absolute Gasteiger partial charge is 0.257 e. The van der Waals surface area contributed by atoms with Gasteiger partial charge in [-0.3, -0.25) is 15.6 Å². The standard InChI is InChI=1S/C14H24N4O2/c1-10(2)9-18(5-6-20-4)14(19)12-8-16-11(3)7-13(12)17-15/h7-8,10H,5-6,9,15H2,1-4H3,(H,16,17). The van der Waals surface area contributed by atoms with E-state index in [0.29, 0.717) is 36.9 Å². The third kappa shape index (κ3) is 4.47. The third-order valence-electron chi connectivity index (χ3n) is 2.86. The number of nitrogens with one attached hydrogen (secondary N) is 1. The van der Waals surface area contributed by atoms with E-state index in [1.165, 1.54) is 0 Å². The maximum atomic E-state index is 12.6. The predicted molar refractivity (Wildman–Crippen MR) is 79.4 cm³/mol. The van der Waals surface area contributed by atoms with Crippen LogP contribution in [0.4, 0.5) is 5.69 Å². The molecular weight excluding hydrogens is 256 g/mol. The van der Waals surface area contributed by atoms with Crippen molar-refractivity contribution in [1.82, 2.24) is 9.88 Å². The van der Waals surface area contributed by atoms with Crippen LogP contribution in [-0.2, 0) is 4.74 Å². The van der Waals surface area contributed by atoms with Gasteiger partial charge in [0.2, 0.25) is 0 Å². The lowest BCUT2D eigenvalue weighted by atomic mass is 10.1. The zero-order valence-electron chi connectivity index (χ0n) is 12.6. The lowest BCUT2D eigenvalue weighted by molar-refractivity contribution is 0.0673. The number of aryl methyl sites for hydroxylation is 1. The lowest BCUT2D eigenvalue weighted by Crippen LogP contribution is -2.37. The fourth-order valence-electron chi connectivity index (χ4n) is 1.94. The number of amides is 1. The first kappa shape index (κ1) is 16.4. The maximum Gasteiger partial charge on any atom is 0.257 e. The Kier molecular flexibility index (Phi) is 6.41. The zero-order chi connectivity index (χ0) is 15.1. The Labute approximate surface area is 120 Å². The van der Waals surface area contributed by atoms with Gasteiger partial charge in [0.05, 0.1) is 17.9 Å². The first-order valence-corrected chi connectivity index (χ1v) is 6.71. The van der Waals surface area contributed by atoms with Gasteiger partial charge in [0.25, 0.3) is 5.91 Å². The number of methoxy groups -OCH3 is 1. The summed E-state index contributed by atoms with van der Waals surface area (Å²) in [5, 5.41) is 0. The summed E-state index contributed by atoms with van der Waals surface area (Å²) in [6.45, 7) is 7.71. The molecule has 0 aliphatic carbocycles. The van der Waals surface area contributed by atoms with Gasteiger partial charge in [-0.05, 0) is 18.9 Å². The Morgan fingerprint density at radius 2 is 2.25 bits per heavy atom. The number of nitrogen functional groups attached to an aromatic ring is 1. The summed E-state index contributed by atoms with van der Waals surface area (Å²) in [4.78, 5) is 18.6. The van der Waals surface area contributed by atoms with Crippen molar-refractivity contribution >= 4 is 11.6 Å². The molecule has 0 bridgehead atoms. The number of aromatic nitrogens is 1. The number of hydrogen-bond acceptors (Lipinski definition) is 5. The molecule has 0 aromatic carbocycles. The summed E-state index contributed by atoms with van der Waals surface area (Å²) < 4.78 is 5.07. The van der Waals surface area contributed by atoms with Gasteiger partial charge in [-0.25, -0.2) is 0 Å². The topological polar surface area (TPSA) is 80.5 Å². The molecule has 0 saturated heterocycles. The fraction of sp³-hybridized carbons (Fsp3) is 0.571. The van der Waals surface area contributed by atoms with Crippen LogP contribution >= 0.6 is 0 Å². The van der Waals surface area contributed by atoms with E-state index >= 15 is 0 Å². The van der Waals surface area contributed by atoms with E-state index in [2.05, 4.69) is 24.3 Å². The molecule has 112 valence electrons. The van der Waals surface area contributed by atoms with Crippen LogP contribution in [0.25, 0.3) is 0 Å². The number of pyridine rings is 1. The van der Waals surface area contributed by atoms with E-state index in [-0.39, 0.29) is 5.91 Å². The molecule has 1 aromatic rings. The molecule has 0 unspecified atom stereocenters. The Morgan fingerprint density at radius 1 is 1.55 bits per heavy atom. The minimum absolute atomic E-state index is 0.0869. The minimum Gasteiger partial charge on any atom is -0.383 e. The molecule has 0 spiro atoms. The molecule has 6 heteroatoms. The molecule has 0 radical (unpaired) electrons. The van der Waals surface area contributed by atoms with E-state index in [0.717, 1.165) is 5.69 Å². The van der Waals surface area contributed by atoms with Crippen molar-refractivity contribution < 1.29 is 9.53 Å². The number of rotatable bonds is 7. The average molecular weight is 280 g/mol. The molecular formula is C14H24N4O2. The molecule has 3 N–H and O–H groups in total. The van der Waals surface area contributed by atoms with Crippen LogP contribution in [0.15, 0.2) is 12.3 Å². The van der Waals surface area contributed by atoms with E-state index < -0.39 is 0 Å². The Morgan fingerprint density at radius 3 is 2.80 bits per heavy atom. The number of carbonyl (C=O) groups excluding carboxylic acids is 1. The van der Waals surface area contributed by atoms with Crippen LogP contribution in [0.5, 0.6) is 0 Å². The van der Waals surface area contributed by atoms with Crippen molar-refractivity contribution in [2.75, 3.05) is 32.2 Å². The van der Waals surface area contributed by atoms with Gasteiger partial charge in [-0.2, -0.15) is 0 Å². The van der Waals surface area contributed by atoms with Gasteiger partial charge >= 0.3 is 0 Å². The van der Waals surface area contributed by atoms with Gasteiger partial charge in [0.1, 0.15) is 0 Å². The molecule has 6 nitrogen and oxygen atoms in total. The molecule has 0 aliphatic heterocycles. The maximum absolute atomic E-state index is 12.6. The number of ether oxygens (including phenoxy) is 1. The molecule has 0 aliphatic rings. The van der Waals surface area contributed by atoms with E-state index in [4.69, 9.17) is 10.6 Å². The van der Waals surface area contributed by atoms with Crippen LogP contribution in [-0.4, -0.2) is 42.6 Å². The van der Waals surface area contributed by atoms with Crippen molar-refractivity contribution in [1.29, 1.82) is 0 Å². The second kappa shape index (κ2) is 7.81. The molecule has 1 rings (SSSR count). The summed E-state index contributed by atoms with van der Waals surface area (Å²) in [6.07, 6.45) is 1.56. The number of nitrogens with zero attached hydrogens (tertiary/aromatic N) is 2. The predicted octanol–water partition coefficient (Wildman–Crippen LogP) is 1.42. The third-order valence-corrected chi connectivity index (χ3v) is 2.86. The molecule has 0 fully saturated rings. The highest BCUT2D eigenvalue weighted by molar-refractivity contribution is 5.99. The highest BCUT2D eigenvalue weighted by Crippen LogP contribution is 2.17. The first-order valence-electron chi connectivity index (χ1n) is 6.71. The van der Waals surface area contributed by atoms with Crippen LogP contribution in [0.2, 0.25) is 0 Å². The fourth-order valence-corrected chi connectivity index (χ4v) is 1.94. The van der Waals surface area contributed by atoms with Crippen molar-refractivity contribution in [2.24, 2.45) is 11.8 Å². The molecule has 1 aromatic heterocycles. The van der Waals surface area contributed by atoms with E-state index in [1.807, 2.05) is 6.92 Å². The van der Waals surface area contributed by atoms with Gasteiger partial charge < -0.3 is 15.1 Å². The van der Waals surface area contributed by atoms with Gasteiger partial charge in [-0.15, -0.1) is 0 Å². The van der Waals surface area contributed by atoms with Crippen LogP contribution in [0.1, 0.15) is 29.9 Å². The monoisotopic (exact) mass is 280 g/mol. The van der Waals surface area contributed by atoms with Gasteiger partial charge in [0.15, 0.2) is 0 Å². The molecule has 0 atom stereocenters. The SMILES string of the molecule is COCCN(CC(C)C)C(=O)c1cnc(C)cc1NN. The van der Waals surface area contributed by atoms with E-state index in [1.54, 1.807) is 24.3 Å². The Balaban J connectivity index is 2.98. The number of hydrazine groups is 1. The van der Waals surface area contributed by atoms with Crippen LogP contribution in [0, 0.1) is 12.8 Å². The normalized spacial score (nSPS) is 10.7. The number of carbonyl (C=O) groups is 1. The quantitative estimate of drug-likeness (QED) is 0.583. The minimum atomic E-state index is -0.0869. The summed E-state index contributed by atoms with van der Waals surface area (Å²) in [6, 6.07) is 1.76. The highest BCUT2D eigenvalue weighted by atomic mass is 16.5. The summed E-state index contributed by atoms with van der Waals surface area (Å²) in [5.41, 5.74) is 4.44. The molecule has 20 heavy (non-hydrogen) atoms. The van der Waals surface area contributed by atoms with Crippen molar-refractivity contribution in [3.63, 3.8) is 0 Å². The second-order valence-corrected chi connectivity index (χ2v) is 5.15. The van der Waals surface area contributed by atoms with Crippen molar-refractivity contribution in [3.05, 3.63) is 23.5 Å². The Bertz CT molecular complexity index is 449.